The highest BCUT2D eigenvalue weighted by Crippen LogP contribution is 2.30. The minimum absolute atomic E-state index is 0.759. The molecule has 0 saturated heterocycles. The lowest BCUT2D eigenvalue weighted by molar-refractivity contribution is 0.616. The minimum Gasteiger partial charge on any atom is -0.464 e. The van der Waals surface area contributed by atoms with Crippen molar-refractivity contribution >= 4 is 11.0 Å². The summed E-state index contributed by atoms with van der Waals surface area (Å²) in [6.07, 6.45) is 3.48. The second kappa shape index (κ2) is 4.07. The molecule has 2 N–H and O–H groups in total. The smallest absolute Gasteiger partial charge is 0.134 e. The zero-order valence-corrected chi connectivity index (χ0v) is 9.53. The molecule has 17 heavy (non-hydrogen) atoms. The van der Waals surface area contributed by atoms with Crippen LogP contribution in [0.1, 0.15) is 5.69 Å². The van der Waals surface area contributed by atoms with Gasteiger partial charge >= 0.3 is 0 Å². The number of imidazole rings is 1. The summed E-state index contributed by atoms with van der Waals surface area (Å²) in [5, 5.41) is 4.21. The first-order valence-electron chi connectivity index (χ1n) is 5.53. The summed E-state index contributed by atoms with van der Waals surface area (Å²) < 4.78 is 5.53. The average Bonchev–Trinajstić information content (AvgIpc) is 2.95. The van der Waals surface area contributed by atoms with Gasteiger partial charge in [0.05, 0.1) is 17.7 Å². The Hall–Kier alpha value is -2.07. The van der Waals surface area contributed by atoms with Gasteiger partial charge in [0.25, 0.3) is 0 Å². The van der Waals surface area contributed by atoms with E-state index in [0.717, 1.165) is 34.5 Å². The predicted octanol–water partition coefficient (Wildman–Crippen LogP) is 2.54. The second-order valence-corrected chi connectivity index (χ2v) is 3.91. The Morgan fingerprint density at radius 1 is 1.35 bits per heavy atom. The molecule has 0 amide bonds. The maximum atomic E-state index is 5.53. The number of H-pyrrole nitrogens is 1. The van der Waals surface area contributed by atoms with Gasteiger partial charge in [0.2, 0.25) is 0 Å². The molecule has 0 fully saturated rings. The van der Waals surface area contributed by atoms with Crippen molar-refractivity contribution in [1.29, 1.82) is 0 Å². The third-order valence-corrected chi connectivity index (χ3v) is 2.81. The molecule has 0 aliphatic rings. The van der Waals surface area contributed by atoms with E-state index in [1.54, 1.807) is 12.6 Å². The predicted molar refractivity (Wildman–Crippen MR) is 66.6 cm³/mol. The first-order valence-corrected chi connectivity index (χ1v) is 5.53. The Morgan fingerprint density at radius 3 is 3.12 bits per heavy atom. The number of nitrogens with one attached hydrogen (secondary N) is 2. The molecular weight excluding hydrogens is 214 g/mol. The molecule has 4 heteroatoms. The third kappa shape index (κ3) is 1.62. The van der Waals surface area contributed by atoms with Crippen LogP contribution in [0.25, 0.3) is 22.2 Å². The quantitative estimate of drug-likeness (QED) is 0.723. The molecule has 0 spiro atoms. The lowest BCUT2D eigenvalue weighted by atomic mass is 10.1. The lowest BCUT2D eigenvalue weighted by Crippen LogP contribution is -2.06. The van der Waals surface area contributed by atoms with Crippen LogP contribution in [0.5, 0.6) is 0 Å². The molecule has 2 heterocycles. The van der Waals surface area contributed by atoms with Gasteiger partial charge in [-0.1, -0.05) is 18.2 Å². The molecule has 0 aliphatic carbocycles. The molecule has 0 unspecified atom stereocenters. The van der Waals surface area contributed by atoms with Crippen LogP contribution in [0.2, 0.25) is 0 Å². The van der Waals surface area contributed by atoms with E-state index in [-0.39, 0.29) is 0 Å². The maximum Gasteiger partial charge on any atom is 0.134 e. The van der Waals surface area contributed by atoms with Crippen molar-refractivity contribution in [3.63, 3.8) is 0 Å². The van der Waals surface area contributed by atoms with Crippen molar-refractivity contribution in [2.24, 2.45) is 0 Å². The van der Waals surface area contributed by atoms with E-state index in [2.05, 4.69) is 15.3 Å². The van der Waals surface area contributed by atoms with Gasteiger partial charge in [-0.2, -0.15) is 0 Å². The number of para-hydroxylation sites is 1. The molecular formula is C13H13N3O. The summed E-state index contributed by atoms with van der Waals surface area (Å²) in [6, 6.07) is 7.98. The average molecular weight is 227 g/mol. The van der Waals surface area contributed by atoms with Crippen LogP contribution in [0.15, 0.2) is 41.3 Å². The first kappa shape index (κ1) is 10.1. The van der Waals surface area contributed by atoms with Crippen LogP contribution in [-0.4, -0.2) is 17.0 Å². The molecule has 0 saturated carbocycles. The summed E-state index contributed by atoms with van der Waals surface area (Å²) >= 11 is 0. The normalized spacial score (nSPS) is 11.1. The molecule has 0 aliphatic heterocycles. The van der Waals surface area contributed by atoms with Crippen molar-refractivity contribution in [2.45, 2.75) is 6.54 Å². The zero-order chi connectivity index (χ0) is 11.7. The van der Waals surface area contributed by atoms with Gasteiger partial charge in [-0.3, -0.25) is 0 Å². The second-order valence-electron chi connectivity index (χ2n) is 3.91. The minimum atomic E-state index is 0.759. The Labute approximate surface area is 98.7 Å². The van der Waals surface area contributed by atoms with Gasteiger partial charge < -0.3 is 14.7 Å². The summed E-state index contributed by atoms with van der Waals surface area (Å²) in [7, 11) is 1.91. The van der Waals surface area contributed by atoms with E-state index < -0.39 is 0 Å². The van der Waals surface area contributed by atoms with E-state index in [9.17, 15) is 0 Å². The standard InChI is InChI=1S/C13H13N3O/c1-14-6-11-13(16-8-15-11)10-7-17-12-5-3-2-4-9(10)12/h2-5,7-8,14H,6H2,1H3,(H,15,16). The van der Waals surface area contributed by atoms with E-state index in [4.69, 9.17) is 4.42 Å². The molecule has 4 nitrogen and oxygen atoms in total. The Bertz CT molecular complexity index is 639. The topological polar surface area (TPSA) is 53.9 Å². The van der Waals surface area contributed by atoms with Crippen LogP contribution >= 0.6 is 0 Å². The molecule has 0 radical (unpaired) electrons. The van der Waals surface area contributed by atoms with Crippen molar-refractivity contribution in [1.82, 2.24) is 15.3 Å². The Morgan fingerprint density at radius 2 is 2.24 bits per heavy atom. The first-order chi connectivity index (χ1) is 8.40. The number of aromatic nitrogens is 2. The van der Waals surface area contributed by atoms with E-state index in [1.165, 1.54) is 0 Å². The van der Waals surface area contributed by atoms with Crippen molar-refractivity contribution in [3.8, 4) is 11.3 Å². The van der Waals surface area contributed by atoms with Gasteiger partial charge in [0.15, 0.2) is 0 Å². The Kier molecular flexibility index (Phi) is 2.42. The number of aromatic amines is 1. The maximum absolute atomic E-state index is 5.53. The summed E-state index contributed by atoms with van der Waals surface area (Å²) in [6.45, 7) is 0.759. The molecule has 2 aromatic heterocycles. The molecule has 86 valence electrons. The highest BCUT2D eigenvalue weighted by molar-refractivity contribution is 5.93. The zero-order valence-electron chi connectivity index (χ0n) is 9.53. The van der Waals surface area contributed by atoms with Crippen LogP contribution in [-0.2, 0) is 6.54 Å². The van der Waals surface area contributed by atoms with Crippen LogP contribution in [0, 0.1) is 0 Å². The van der Waals surface area contributed by atoms with E-state index in [0.29, 0.717) is 0 Å². The van der Waals surface area contributed by atoms with Gasteiger partial charge in [-0.05, 0) is 13.1 Å². The van der Waals surface area contributed by atoms with Crippen LogP contribution in [0.4, 0.5) is 0 Å². The number of furan rings is 1. The van der Waals surface area contributed by atoms with Crippen molar-refractivity contribution in [3.05, 3.63) is 42.5 Å². The van der Waals surface area contributed by atoms with Crippen molar-refractivity contribution in [2.75, 3.05) is 7.05 Å². The van der Waals surface area contributed by atoms with Crippen molar-refractivity contribution < 1.29 is 4.42 Å². The lowest BCUT2D eigenvalue weighted by Gasteiger charge is -1.99. The van der Waals surface area contributed by atoms with Crippen LogP contribution < -0.4 is 5.32 Å². The fraction of sp³-hybridized carbons (Fsp3) is 0.154. The highest BCUT2D eigenvalue weighted by Gasteiger charge is 2.13. The number of fused-ring (bicyclic) bond motifs is 1. The third-order valence-electron chi connectivity index (χ3n) is 2.81. The molecule has 3 rings (SSSR count). The number of hydrogen-bond donors (Lipinski definition) is 2. The van der Waals surface area contributed by atoms with E-state index >= 15 is 0 Å². The van der Waals surface area contributed by atoms with Gasteiger partial charge in [-0.25, -0.2) is 4.98 Å². The highest BCUT2D eigenvalue weighted by atomic mass is 16.3. The fourth-order valence-electron chi connectivity index (χ4n) is 2.03. The largest absolute Gasteiger partial charge is 0.464 e. The van der Waals surface area contributed by atoms with E-state index in [1.807, 2.05) is 31.3 Å². The molecule has 0 bridgehead atoms. The van der Waals surface area contributed by atoms with Gasteiger partial charge in [0.1, 0.15) is 11.8 Å². The fourth-order valence-corrected chi connectivity index (χ4v) is 2.03. The summed E-state index contributed by atoms with van der Waals surface area (Å²) in [4.78, 5) is 7.52. The number of hydrogen-bond acceptors (Lipinski definition) is 3. The number of benzene rings is 1. The van der Waals surface area contributed by atoms with Gasteiger partial charge in [-0.15, -0.1) is 0 Å². The molecule has 1 aromatic carbocycles. The number of rotatable bonds is 3. The molecule has 0 atom stereocenters. The SMILES string of the molecule is CNCc1[nH]cnc1-c1coc2ccccc12. The monoisotopic (exact) mass is 227 g/mol. The van der Waals surface area contributed by atoms with Gasteiger partial charge in [0, 0.05) is 17.5 Å². The Balaban J connectivity index is 2.17. The number of nitrogens with zero attached hydrogens (tertiary/aromatic N) is 1. The van der Waals surface area contributed by atoms with Crippen LogP contribution in [0.3, 0.4) is 0 Å². The summed E-state index contributed by atoms with van der Waals surface area (Å²) in [5.74, 6) is 0. The molecule has 3 aromatic rings. The summed E-state index contributed by atoms with van der Waals surface area (Å²) in [5.41, 5.74) is 3.94.